The molecule has 3 aromatic carbocycles. The van der Waals surface area contributed by atoms with Crippen LogP contribution in [0.25, 0.3) is 0 Å². The first-order chi connectivity index (χ1) is 19.8. The van der Waals surface area contributed by atoms with Crippen molar-refractivity contribution >= 4 is 23.8 Å². The molecule has 0 amide bonds. The van der Waals surface area contributed by atoms with Gasteiger partial charge in [-0.3, -0.25) is 9.98 Å². The zero-order chi connectivity index (χ0) is 28.1. The van der Waals surface area contributed by atoms with Crippen LogP contribution in [0.1, 0.15) is 114 Å². The molecule has 0 aliphatic heterocycles. The number of nitrogens with zero attached hydrogens (tertiary/aromatic N) is 2. The van der Waals surface area contributed by atoms with Crippen LogP contribution in [0.3, 0.4) is 0 Å². The largest absolute Gasteiger partial charge is 0.494 e. The molecule has 0 saturated carbocycles. The lowest BCUT2D eigenvalue weighted by atomic mass is 10.0. The van der Waals surface area contributed by atoms with E-state index < -0.39 is 0 Å². The van der Waals surface area contributed by atoms with Crippen molar-refractivity contribution in [3.63, 3.8) is 0 Å². The van der Waals surface area contributed by atoms with Gasteiger partial charge < -0.3 is 4.74 Å². The van der Waals surface area contributed by atoms with Crippen molar-refractivity contribution in [2.75, 3.05) is 6.61 Å². The second-order valence-electron chi connectivity index (χ2n) is 10.8. The molecule has 0 atom stereocenters. The van der Waals surface area contributed by atoms with Gasteiger partial charge in [0.1, 0.15) is 5.75 Å². The first kappa shape index (κ1) is 31.3. The van der Waals surface area contributed by atoms with Crippen molar-refractivity contribution in [1.29, 1.82) is 0 Å². The first-order valence-corrected chi connectivity index (χ1v) is 15.8. The molecule has 0 aromatic heterocycles. The topological polar surface area (TPSA) is 34.0 Å². The summed E-state index contributed by atoms with van der Waals surface area (Å²) in [6.45, 7) is 5.31. The van der Waals surface area contributed by atoms with Gasteiger partial charge >= 0.3 is 0 Å². The highest BCUT2D eigenvalue weighted by Gasteiger charge is 1.98. The van der Waals surface area contributed by atoms with Crippen LogP contribution in [0.15, 0.2) is 82.8 Å². The van der Waals surface area contributed by atoms with E-state index in [0.717, 1.165) is 47.7 Å². The van der Waals surface area contributed by atoms with Crippen LogP contribution in [0.2, 0.25) is 0 Å². The summed E-state index contributed by atoms with van der Waals surface area (Å²) in [7, 11) is 0. The summed E-state index contributed by atoms with van der Waals surface area (Å²) in [5.41, 5.74) is 5.47. The summed E-state index contributed by atoms with van der Waals surface area (Å²) in [5.74, 6) is 0.916. The van der Waals surface area contributed by atoms with Crippen molar-refractivity contribution in [1.82, 2.24) is 0 Å². The lowest BCUT2D eigenvalue weighted by molar-refractivity contribution is 0.304. The fourth-order valence-corrected chi connectivity index (χ4v) is 4.70. The predicted molar refractivity (Wildman–Crippen MR) is 174 cm³/mol. The Morgan fingerprint density at radius 3 is 1.48 bits per heavy atom. The summed E-state index contributed by atoms with van der Waals surface area (Å²) < 4.78 is 5.87. The summed E-state index contributed by atoms with van der Waals surface area (Å²) >= 11 is 0. The molecule has 3 nitrogen and oxygen atoms in total. The average molecular weight is 539 g/mol. The minimum absolute atomic E-state index is 0.787. The van der Waals surface area contributed by atoms with Gasteiger partial charge in [0.2, 0.25) is 0 Å². The van der Waals surface area contributed by atoms with Gasteiger partial charge in [0.15, 0.2) is 0 Å². The molecule has 3 heteroatoms. The lowest BCUT2D eigenvalue weighted by Gasteiger charge is -2.06. The van der Waals surface area contributed by atoms with Gasteiger partial charge in [0, 0.05) is 12.4 Å². The van der Waals surface area contributed by atoms with Crippen molar-refractivity contribution in [3.8, 4) is 5.75 Å². The second kappa shape index (κ2) is 19.8. The second-order valence-corrected chi connectivity index (χ2v) is 10.8. The van der Waals surface area contributed by atoms with E-state index >= 15 is 0 Å². The average Bonchev–Trinajstić information content (AvgIpc) is 3.00. The third-order valence-corrected chi connectivity index (χ3v) is 7.27. The van der Waals surface area contributed by atoms with E-state index in [0.29, 0.717) is 0 Å². The monoisotopic (exact) mass is 538 g/mol. The molecule has 0 radical (unpaired) electrons. The Hall–Kier alpha value is -3.20. The lowest BCUT2D eigenvalue weighted by Crippen LogP contribution is -1.96. The Labute approximate surface area is 243 Å². The third kappa shape index (κ3) is 13.2. The Morgan fingerprint density at radius 2 is 0.950 bits per heavy atom. The van der Waals surface area contributed by atoms with Gasteiger partial charge in [-0.15, -0.1) is 0 Å². The van der Waals surface area contributed by atoms with Gasteiger partial charge in [-0.25, -0.2) is 0 Å². The molecule has 40 heavy (non-hydrogen) atoms. The minimum Gasteiger partial charge on any atom is -0.494 e. The van der Waals surface area contributed by atoms with E-state index in [2.05, 4.69) is 72.4 Å². The zero-order valence-corrected chi connectivity index (χ0v) is 25.0. The highest BCUT2D eigenvalue weighted by Crippen LogP contribution is 2.19. The highest BCUT2D eigenvalue weighted by molar-refractivity contribution is 5.86. The quantitative estimate of drug-likeness (QED) is 0.104. The van der Waals surface area contributed by atoms with E-state index in [1.54, 1.807) is 0 Å². The van der Waals surface area contributed by atoms with Gasteiger partial charge in [-0.2, -0.15) is 0 Å². The molecular formula is C37H50N2O. The minimum atomic E-state index is 0.787. The fraction of sp³-hybridized carbons (Fsp3) is 0.459. The number of hydrogen-bond donors (Lipinski definition) is 0. The van der Waals surface area contributed by atoms with Crippen LogP contribution in [0.5, 0.6) is 5.75 Å². The van der Waals surface area contributed by atoms with Gasteiger partial charge in [-0.05, 0) is 72.4 Å². The third-order valence-electron chi connectivity index (χ3n) is 7.27. The summed E-state index contributed by atoms with van der Waals surface area (Å²) in [6.07, 6.45) is 22.1. The van der Waals surface area contributed by atoms with Crippen LogP contribution >= 0.6 is 0 Å². The van der Waals surface area contributed by atoms with Crippen LogP contribution in [-0.2, 0) is 6.42 Å². The maximum atomic E-state index is 5.87. The maximum absolute atomic E-state index is 5.87. The first-order valence-electron chi connectivity index (χ1n) is 15.8. The Morgan fingerprint density at radius 1 is 0.500 bits per heavy atom. The normalized spacial score (nSPS) is 11.6. The Bertz CT molecular complexity index is 1010. The molecule has 3 rings (SSSR count). The number of hydrogen-bond acceptors (Lipinski definition) is 3. The zero-order valence-electron chi connectivity index (χ0n) is 25.0. The van der Waals surface area contributed by atoms with E-state index in [1.807, 2.05) is 36.7 Å². The number of aryl methyl sites for hydroxylation is 1. The smallest absolute Gasteiger partial charge is 0.119 e. The van der Waals surface area contributed by atoms with Crippen LogP contribution in [-0.4, -0.2) is 19.0 Å². The van der Waals surface area contributed by atoms with Crippen molar-refractivity contribution in [2.45, 2.75) is 104 Å². The summed E-state index contributed by atoms with van der Waals surface area (Å²) in [5, 5.41) is 0. The maximum Gasteiger partial charge on any atom is 0.119 e. The molecule has 0 spiro atoms. The standard InChI is InChI=1S/C37H50N2O/c1-3-5-7-9-11-12-14-16-32-21-23-35(24-22-32)38-30-33-17-19-34(20-18-33)31-39-36-25-27-37(28-26-36)40-29-15-13-10-8-6-4-2/h17-28,30-31H,3-16,29H2,1-2H3/b38-30+,39-31+. The van der Waals surface area contributed by atoms with E-state index in [1.165, 1.54) is 82.6 Å². The molecule has 0 heterocycles. The number of ether oxygens (including phenoxy) is 1. The van der Waals surface area contributed by atoms with Crippen LogP contribution in [0.4, 0.5) is 11.4 Å². The molecule has 0 aliphatic rings. The van der Waals surface area contributed by atoms with Crippen LogP contribution < -0.4 is 4.74 Å². The molecule has 0 fully saturated rings. The number of aliphatic imine (C=N–C) groups is 2. The number of benzene rings is 3. The molecule has 0 N–H and O–H groups in total. The van der Waals surface area contributed by atoms with Gasteiger partial charge in [0.05, 0.1) is 18.0 Å². The van der Waals surface area contributed by atoms with Gasteiger partial charge in [-0.1, -0.05) is 121 Å². The molecule has 0 aliphatic carbocycles. The summed E-state index contributed by atoms with van der Waals surface area (Å²) in [6, 6.07) is 25.0. The molecular weight excluding hydrogens is 488 g/mol. The molecule has 0 bridgehead atoms. The van der Waals surface area contributed by atoms with Crippen molar-refractivity contribution in [3.05, 3.63) is 89.5 Å². The Balaban J connectivity index is 1.36. The van der Waals surface area contributed by atoms with Gasteiger partial charge in [0.25, 0.3) is 0 Å². The van der Waals surface area contributed by atoms with Crippen LogP contribution in [0, 0.1) is 0 Å². The molecule has 0 unspecified atom stereocenters. The molecule has 0 saturated heterocycles. The van der Waals surface area contributed by atoms with Crippen molar-refractivity contribution in [2.24, 2.45) is 9.98 Å². The molecule has 3 aromatic rings. The van der Waals surface area contributed by atoms with Crippen molar-refractivity contribution < 1.29 is 4.74 Å². The fourth-order valence-electron chi connectivity index (χ4n) is 4.70. The Kier molecular flexibility index (Phi) is 15.5. The van der Waals surface area contributed by atoms with E-state index in [9.17, 15) is 0 Å². The SMILES string of the molecule is CCCCCCCCCc1ccc(/N=C/c2ccc(/C=N/c3ccc(OCCCCCCCC)cc3)cc2)cc1. The summed E-state index contributed by atoms with van der Waals surface area (Å²) in [4.78, 5) is 9.28. The predicted octanol–water partition coefficient (Wildman–Crippen LogP) is 11.2. The number of unbranched alkanes of at least 4 members (excludes halogenated alkanes) is 11. The number of rotatable bonds is 20. The van der Waals surface area contributed by atoms with E-state index in [4.69, 9.17) is 4.74 Å². The van der Waals surface area contributed by atoms with E-state index in [-0.39, 0.29) is 0 Å². The molecule has 214 valence electrons. The highest BCUT2D eigenvalue weighted by atomic mass is 16.5.